The molecule has 0 rings (SSSR count). The number of allylic oxidation sites excluding steroid dienone is 5. The van der Waals surface area contributed by atoms with Gasteiger partial charge in [-0.05, 0) is 83.5 Å². The first-order valence-corrected chi connectivity index (χ1v) is 30.8. The van der Waals surface area contributed by atoms with Crippen LogP contribution in [-0.2, 0) is 14.3 Å². The number of aliphatic hydroxyl groups excluding tert-OH is 2. The van der Waals surface area contributed by atoms with E-state index in [-0.39, 0.29) is 18.5 Å². The van der Waals surface area contributed by atoms with E-state index in [1.54, 1.807) is 6.08 Å². The molecule has 0 spiro atoms. The molecule has 0 aliphatic heterocycles. The molecule has 1 amide bonds. The predicted molar refractivity (Wildman–Crippen MR) is 301 cm³/mol. The van der Waals surface area contributed by atoms with Crippen LogP contribution in [0.15, 0.2) is 36.5 Å². The molecular weight excluding hydrogens is 851 g/mol. The first kappa shape index (κ1) is 67.1. The lowest BCUT2D eigenvalue weighted by molar-refractivity contribution is -0.143. The van der Waals surface area contributed by atoms with Gasteiger partial charge in [0.15, 0.2) is 0 Å². The van der Waals surface area contributed by atoms with E-state index in [0.29, 0.717) is 19.4 Å². The van der Waals surface area contributed by atoms with Crippen LogP contribution in [0.25, 0.3) is 0 Å². The van der Waals surface area contributed by atoms with Crippen LogP contribution >= 0.6 is 0 Å². The SMILES string of the molecule is CCCCCCC/C=C\CCCCCCCC(=O)OCCCCCCCCCCCCC/C=C\CCCCCCCCCC(=O)NC(CO)C(O)/C=C/CCCCCCCCCCCCCCCC. The fraction of sp³-hybridized carbons (Fsp3) is 0.873. The lowest BCUT2D eigenvalue weighted by Gasteiger charge is -2.20. The second kappa shape index (κ2) is 58.6. The second-order valence-corrected chi connectivity index (χ2v) is 21.0. The largest absolute Gasteiger partial charge is 0.466 e. The lowest BCUT2D eigenvalue weighted by Crippen LogP contribution is -2.45. The number of nitrogens with one attached hydrogen (secondary N) is 1. The van der Waals surface area contributed by atoms with Crippen LogP contribution in [-0.4, -0.2) is 47.4 Å². The summed E-state index contributed by atoms with van der Waals surface area (Å²) >= 11 is 0. The van der Waals surface area contributed by atoms with Crippen LogP contribution in [0.5, 0.6) is 0 Å². The molecule has 0 aliphatic carbocycles. The number of carbonyl (C=O) groups is 2. The van der Waals surface area contributed by atoms with Gasteiger partial charge >= 0.3 is 5.97 Å². The maximum absolute atomic E-state index is 12.5. The highest BCUT2D eigenvalue weighted by Gasteiger charge is 2.18. The summed E-state index contributed by atoms with van der Waals surface area (Å²) in [7, 11) is 0. The highest BCUT2D eigenvalue weighted by molar-refractivity contribution is 5.76. The standard InChI is InChI=1S/C63H119NO5/c1-3-5-7-9-11-13-15-17-19-28-31-35-39-43-47-51-55-61(66)60(59-65)64-62(67)56-52-48-44-40-36-32-29-26-24-22-20-21-23-25-27-30-34-38-42-46-50-54-58-69-63(68)57-53-49-45-41-37-33-18-16-14-12-10-8-6-4-2/h16,18,22,24,51,55,60-61,65-66H,3-15,17,19-21,23,25-50,52-54,56-59H2,1-2H3,(H,64,67)/b18-16-,24-22-,55-51+. The third-order valence-corrected chi connectivity index (χ3v) is 14.1. The Balaban J connectivity index is 3.45. The van der Waals surface area contributed by atoms with E-state index in [9.17, 15) is 19.8 Å². The van der Waals surface area contributed by atoms with Crippen molar-refractivity contribution in [3.8, 4) is 0 Å². The van der Waals surface area contributed by atoms with Crippen molar-refractivity contribution in [2.24, 2.45) is 0 Å². The van der Waals surface area contributed by atoms with Crippen molar-refractivity contribution < 1.29 is 24.5 Å². The van der Waals surface area contributed by atoms with Crippen LogP contribution in [0.2, 0.25) is 0 Å². The van der Waals surface area contributed by atoms with Gasteiger partial charge in [0.25, 0.3) is 0 Å². The number of rotatable bonds is 57. The summed E-state index contributed by atoms with van der Waals surface area (Å²) in [4.78, 5) is 24.5. The van der Waals surface area contributed by atoms with Gasteiger partial charge in [0.1, 0.15) is 0 Å². The first-order chi connectivity index (χ1) is 34.0. The van der Waals surface area contributed by atoms with Gasteiger partial charge in [0.05, 0.1) is 25.4 Å². The number of amides is 1. The third-order valence-electron chi connectivity index (χ3n) is 14.1. The van der Waals surface area contributed by atoms with Gasteiger partial charge in [-0.15, -0.1) is 0 Å². The van der Waals surface area contributed by atoms with Crippen LogP contribution in [0, 0.1) is 0 Å². The molecule has 0 saturated carbocycles. The van der Waals surface area contributed by atoms with Gasteiger partial charge in [0, 0.05) is 12.8 Å². The maximum atomic E-state index is 12.5. The average Bonchev–Trinajstić information content (AvgIpc) is 3.35. The highest BCUT2D eigenvalue weighted by Crippen LogP contribution is 2.17. The second-order valence-electron chi connectivity index (χ2n) is 21.0. The Bertz CT molecular complexity index is 1120. The Morgan fingerprint density at radius 1 is 0.391 bits per heavy atom. The van der Waals surface area contributed by atoms with Gasteiger partial charge in [0.2, 0.25) is 5.91 Å². The maximum Gasteiger partial charge on any atom is 0.305 e. The van der Waals surface area contributed by atoms with Gasteiger partial charge < -0.3 is 20.3 Å². The summed E-state index contributed by atoms with van der Waals surface area (Å²) < 4.78 is 5.47. The fourth-order valence-electron chi connectivity index (χ4n) is 9.39. The molecule has 6 nitrogen and oxygen atoms in total. The molecular formula is C63H119NO5. The zero-order chi connectivity index (χ0) is 50.0. The molecule has 0 bridgehead atoms. The van der Waals surface area contributed by atoms with E-state index in [0.717, 1.165) is 51.4 Å². The zero-order valence-electron chi connectivity index (χ0n) is 46.3. The molecule has 2 unspecified atom stereocenters. The number of unbranched alkanes of at least 4 members (excludes halogenated alkanes) is 42. The Morgan fingerprint density at radius 3 is 1.03 bits per heavy atom. The average molecular weight is 971 g/mol. The van der Waals surface area contributed by atoms with E-state index >= 15 is 0 Å². The first-order valence-electron chi connectivity index (χ1n) is 30.8. The lowest BCUT2D eigenvalue weighted by atomic mass is 10.0. The molecule has 406 valence electrons. The Morgan fingerprint density at radius 2 is 0.681 bits per heavy atom. The van der Waals surface area contributed by atoms with Gasteiger partial charge in [-0.3, -0.25) is 9.59 Å². The Hall–Kier alpha value is -1.92. The van der Waals surface area contributed by atoms with Crippen molar-refractivity contribution in [3.05, 3.63) is 36.5 Å². The number of ether oxygens (including phenoxy) is 1. The minimum atomic E-state index is -0.849. The van der Waals surface area contributed by atoms with Crippen molar-refractivity contribution in [1.82, 2.24) is 5.32 Å². The third kappa shape index (κ3) is 55.2. The molecule has 0 heterocycles. The molecule has 69 heavy (non-hydrogen) atoms. The molecule has 0 aromatic carbocycles. The van der Waals surface area contributed by atoms with E-state index < -0.39 is 12.1 Å². The van der Waals surface area contributed by atoms with E-state index in [4.69, 9.17) is 4.74 Å². The zero-order valence-corrected chi connectivity index (χ0v) is 46.3. The van der Waals surface area contributed by atoms with E-state index in [2.05, 4.69) is 43.5 Å². The van der Waals surface area contributed by atoms with E-state index in [1.165, 1.54) is 250 Å². The van der Waals surface area contributed by atoms with Crippen LogP contribution in [0.3, 0.4) is 0 Å². The van der Waals surface area contributed by atoms with Gasteiger partial charge in [-0.25, -0.2) is 0 Å². The summed E-state index contributed by atoms with van der Waals surface area (Å²) in [5.74, 6) is -0.0730. The van der Waals surface area contributed by atoms with Crippen molar-refractivity contribution >= 4 is 11.9 Å². The summed E-state index contributed by atoms with van der Waals surface area (Å²) in [5.41, 5.74) is 0. The molecule has 6 heteroatoms. The number of esters is 1. The minimum absolute atomic E-state index is 0.000785. The molecule has 3 N–H and O–H groups in total. The summed E-state index contributed by atoms with van der Waals surface area (Å²) in [6.07, 6.45) is 73.2. The highest BCUT2D eigenvalue weighted by atomic mass is 16.5. The summed E-state index contributed by atoms with van der Waals surface area (Å²) in [6.45, 7) is 4.90. The van der Waals surface area contributed by atoms with Crippen molar-refractivity contribution in [1.29, 1.82) is 0 Å². The van der Waals surface area contributed by atoms with Crippen molar-refractivity contribution in [2.45, 2.75) is 341 Å². The van der Waals surface area contributed by atoms with Crippen LogP contribution in [0.4, 0.5) is 0 Å². The van der Waals surface area contributed by atoms with Crippen molar-refractivity contribution in [2.75, 3.05) is 13.2 Å². The smallest absolute Gasteiger partial charge is 0.305 e. The minimum Gasteiger partial charge on any atom is -0.466 e. The van der Waals surface area contributed by atoms with Crippen LogP contribution in [0.1, 0.15) is 328 Å². The van der Waals surface area contributed by atoms with Crippen molar-refractivity contribution in [3.63, 3.8) is 0 Å². The molecule has 0 radical (unpaired) electrons. The molecule has 0 aliphatic rings. The van der Waals surface area contributed by atoms with E-state index in [1.807, 2.05) is 6.08 Å². The quantitative estimate of drug-likeness (QED) is 0.0321. The number of hydrogen-bond acceptors (Lipinski definition) is 5. The number of carbonyl (C=O) groups excluding carboxylic acids is 2. The molecule has 0 aromatic rings. The number of aliphatic hydroxyl groups is 2. The normalized spacial score (nSPS) is 12.8. The molecule has 0 aromatic heterocycles. The molecule has 0 saturated heterocycles. The fourth-order valence-corrected chi connectivity index (χ4v) is 9.39. The summed E-state index contributed by atoms with van der Waals surface area (Å²) in [5, 5.41) is 23.1. The monoisotopic (exact) mass is 970 g/mol. The van der Waals surface area contributed by atoms with Gasteiger partial charge in [-0.2, -0.15) is 0 Å². The Kier molecular flexibility index (Phi) is 57.0. The van der Waals surface area contributed by atoms with Crippen LogP contribution < -0.4 is 5.32 Å². The predicted octanol–water partition coefficient (Wildman–Crippen LogP) is 19.2. The number of hydrogen-bond donors (Lipinski definition) is 3. The molecule has 2 atom stereocenters. The summed E-state index contributed by atoms with van der Waals surface area (Å²) in [6, 6.07) is -0.633. The van der Waals surface area contributed by atoms with Gasteiger partial charge in [-0.1, -0.05) is 269 Å². The molecule has 0 fully saturated rings. The Labute approximate surface area is 430 Å². The topological polar surface area (TPSA) is 95.9 Å².